The summed E-state index contributed by atoms with van der Waals surface area (Å²) < 4.78 is 20.7. The maximum Gasteiger partial charge on any atom is 0.147 e. The van der Waals surface area contributed by atoms with Gasteiger partial charge in [0.05, 0.1) is 6.54 Å². The Labute approximate surface area is 124 Å². The van der Waals surface area contributed by atoms with E-state index in [-0.39, 0.29) is 13.2 Å². The van der Waals surface area contributed by atoms with E-state index < -0.39 is 11.9 Å². The minimum absolute atomic E-state index is 0.0498. The van der Waals surface area contributed by atoms with Crippen LogP contribution in [-0.2, 0) is 6.54 Å². The Hall–Kier alpha value is -1.47. The van der Waals surface area contributed by atoms with Crippen molar-refractivity contribution in [2.24, 2.45) is 0 Å². The van der Waals surface area contributed by atoms with Gasteiger partial charge < -0.3 is 9.84 Å². The molecule has 2 rings (SSSR count). The van der Waals surface area contributed by atoms with Gasteiger partial charge in [-0.1, -0.05) is 15.9 Å². The first kappa shape index (κ1) is 14.9. The van der Waals surface area contributed by atoms with E-state index in [2.05, 4.69) is 26.0 Å². The summed E-state index contributed by atoms with van der Waals surface area (Å²) in [6.07, 6.45) is -0.753. The van der Waals surface area contributed by atoms with E-state index in [9.17, 15) is 9.50 Å². The number of rotatable bonds is 5. The second kappa shape index (κ2) is 6.32. The van der Waals surface area contributed by atoms with Crippen molar-refractivity contribution in [3.8, 4) is 5.75 Å². The molecule has 1 aromatic heterocycles. The molecule has 0 saturated carbocycles. The van der Waals surface area contributed by atoms with Crippen molar-refractivity contribution in [3.63, 3.8) is 0 Å². The zero-order valence-corrected chi connectivity index (χ0v) is 12.8. The summed E-state index contributed by atoms with van der Waals surface area (Å²) in [5, 5.41) is 14.1. The molecule has 108 valence electrons. The molecule has 1 heterocycles. The van der Waals surface area contributed by atoms with E-state index >= 15 is 0 Å². The van der Waals surface area contributed by atoms with E-state index in [1.807, 2.05) is 6.92 Å². The number of hydrogen-bond acceptors (Lipinski definition) is 4. The van der Waals surface area contributed by atoms with Gasteiger partial charge in [-0.05, 0) is 26.0 Å². The monoisotopic (exact) mass is 343 g/mol. The fraction of sp³-hybridized carbons (Fsp3) is 0.385. The maximum absolute atomic E-state index is 13.2. The van der Waals surface area contributed by atoms with Crippen LogP contribution in [0.5, 0.6) is 5.75 Å². The number of hydrogen-bond donors (Lipinski definition) is 1. The first-order valence-electron chi connectivity index (χ1n) is 6.09. The van der Waals surface area contributed by atoms with Gasteiger partial charge in [0, 0.05) is 10.5 Å². The number of aromatic nitrogens is 3. The Balaban J connectivity index is 1.92. The summed E-state index contributed by atoms with van der Waals surface area (Å²) in [5.74, 6) is 1.36. The molecule has 20 heavy (non-hydrogen) atoms. The van der Waals surface area contributed by atoms with Crippen molar-refractivity contribution in [1.82, 2.24) is 14.8 Å². The molecule has 7 heteroatoms. The number of aryl methyl sites for hydroxylation is 2. The van der Waals surface area contributed by atoms with Crippen LogP contribution < -0.4 is 4.74 Å². The lowest BCUT2D eigenvalue weighted by molar-refractivity contribution is 0.0884. The highest BCUT2D eigenvalue weighted by Gasteiger charge is 2.11. The third-order valence-electron chi connectivity index (χ3n) is 2.62. The van der Waals surface area contributed by atoms with Gasteiger partial charge >= 0.3 is 0 Å². The van der Waals surface area contributed by atoms with Gasteiger partial charge in [0.25, 0.3) is 0 Å². The molecule has 0 aliphatic carbocycles. The Morgan fingerprint density at radius 2 is 2.15 bits per heavy atom. The maximum atomic E-state index is 13.2. The number of aliphatic hydroxyl groups is 1. The number of nitrogens with zero attached hydrogens (tertiary/aromatic N) is 3. The highest BCUT2D eigenvalue weighted by atomic mass is 79.9. The quantitative estimate of drug-likeness (QED) is 0.904. The summed E-state index contributed by atoms with van der Waals surface area (Å²) in [6, 6.07) is 4.24. The largest absolute Gasteiger partial charge is 0.491 e. The Morgan fingerprint density at radius 1 is 1.40 bits per heavy atom. The van der Waals surface area contributed by atoms with Crippen LogP contribution in [0.3, 0.4) is 0 Å². The number of halogens is 2. The molecule has 2 aromatic rings. The van der Waals surface area contributed by atoms with Crippen LogP contribution >= 0.6 is 15.9 Å². The first-order valence-corrected chi connectivity index (χ1v) is 6.88. The van der Waals surface area contributed by atoms with Gasteiger partial charge in [-0.3, -0.25) is 0 Å². The summed E-state index contributed by atoms with van der Waals surface area (Å²) in [5.41, 5.74) is 0. The lowest BCUT2D eigenvalue weighted by atomic mass is 10.3. The Morgan fingerprint density at radius 3 is 2.75 bits per heavy atom. The smallest absolute Gasteiger partial charge is 0.147 e. The molecule has 1 aromatic carbocycles. The van der Waals surface area contributed by atoms with Crippen LogP contribution in [0.1, 0.15) is 11.6 Å². The fourth-order valence-corrected chi connectivity index (χ4v) is 2.24. The second-order valence-corrected chi connectivity index (χ2v) is 5.37. The minimum atomic E-state index is -0.753. The molecular weight excluding hydrogens is 329 g/mol. The van der Waals surface area contributed by atoms with Gasteiger partial charge in [-0.2, -0.15) is 5.10 Å². The van der Waals surface area contributed by atoms with Crippen LogP contribution in [0.4, 0.5) is 4.39 Å². The van der Waals surface area contributed by atoms with Crippen LogP contribution in [-0.4, -0.2) is 32.6 Å². The van der Waals surface area contributed by atoms with Crippen molar-refractivity contribution in [3.05, 3.63) is 40.1 Å². The summed E-state index contributed by atoms with van der Waals surface area (Å²) in [4.78, 5) is 4.15. The lowest BCUT2D eigenvalue weighted by Gasteiger charge is -2.13. The van der Waals surface area contributed by atoms with Crippen LogP contribution in [0, 0.1) is 19.7 Å². The molecule has 0 spiro atoms. The van der Waals surface area contributed by atoms with E-state index in [1.54, 1.807) is 17.7 Å². The Bertz CT molecular complexity index is 583. The SMILES string of the molecule is Cc1nc(C)n(CC(O)COc2cc(F)cc(Br)c2)n1. The predicted octanol–water partition coefficient (Wildman–Crippen LogP) is 2.24. The third-order valence-corrected chi connectivity index (χ3v) is 3.08. The van der Waals surface area contributed by atoms with Gasteiger partial charge in [0.1, 0.15) is 35.9 Å². The molecule has 0 aliphatic heterocycles. The molecule has 1 atom stereocenters. The van der Waals surface area contributed by atoms with E-state index in [0.717, 1.165) is 5.82 Å². The van der Waals surface area contributed by atoms with E-state index in [1.165, 1.54) is 12.1 Å². The van der Waals surface area contributed by atoms with Gasteiger partial charge in [0.15, 0.2) is 0 Å². The molecule has 5 nitrogen and oxygen atoms in total. The summed E-state index contributed by atoms with van der Waals surface area (Å²) in [7, 11) is 0. The highest BCUT2D eigenvalue weighted by Crippen LogP contribution is 2.20. The number of aliphatic hydroxyl groups excluding tert-OH is 1. The van der Waals surface area contributed by atoms with Crippen molar-refractivity contribution < 1.29 is 14.2 Å². The fourth-order valence-electron chi connectivity index (χ4n) is 1.79. The Kier molecular flexibility index (Phi) is 4.72. The summed E-state index contributed by atoms with van der Waals surface area (Å²) >= 11 is 3.18. The average Bonchev–Trinajstić information content (AvgIpc) is 2.64. The van der Waals surface area contributed by atoms with Gasteiger partial charge in [-0.15, -0.1) is 0 Å². The van der Waals surface area contributed by atoms with Crippen molar-refractivity contribution in [2.75, 3.05) is 6.61 Å². The highest BCUT2D eigenvalue weighted by molar-refractivity contribution is 9.10. The first-order chi connectivity index (χ1) is 9.44. The molecule has 0 saturated heterocycles. The third kappa shape index (κ3) is 4.01. The molecule has 0 fully saturated rings. The normalized spacial score (nSPS) is 12.4. The molecule has 1 unspecified atom stereocenters. The van der Waals surface area contributed by atoms with Crippen molar-refractivity contribution in [1.29, 1.82) is 0 Å². The molecule has 0 bridgehead atoms. The minimum Gasteiger partial charge on any atom is -0.491 e. The molecule has 1 N–H and O–H groups in total. The average molecular weight is 344 g/mol. The summed E-state index contributed by atoms with van der Waals surface area (Å²) in [6.45, 7) is 3.94. The molecule has 0 amide bonds. The number of benzene rings is 1. The van der Waals surface area contributed by atoms with Crippen LogP contribution in [0.2, 0.25) is 0 Å². The van der Waals surface area contributed by atoms with Crippen molar-refractivity contribution in [2.45, 2.75) is 26.5 Å². The predicted molar refractivity (Wildman–Crippen MR) is 75.1 cm³/mol. The standard InChI is InChI=1S/C13H15BrFN3O2/c1-8-16-9(2)18(17-8)6-12(19)7-20-13-4-10(14)3-11(15)5-13/h3-5,12,19H,6-7H2,1-2H3. The molecule has 0 radical (unpaired) electrons. The van der Waals surface area contributed by atoms with Gasteiger partial charge in [-0.25, -0.2) is 14.1 Å². The van der Waals surface area contributed by atoms with Crippen molar-refractivity contribution >= 4 is 15.9 Å². The number of ether oxygens (including phenoxy) is 1. The van der Waals surface area contributed by atoms with Gasteiger partial charge in [0.2, 0.25) is 0 Å². The molecule has 0 aliphatic rings. The molecular formula is C13H15BrFN3O2. The van der Waals surface area contributed by atoms with Crippen LogP contribution in [0.25, 0.3) is 0 Å². The topological polar surface area (TPSA) is 60.2 Å². The van der Waals surface area contributed by atoms with E-state index in [0.29, 0.717) is 16.0 Å². The lowest BCUT2D eigenvalue weighted by Crippen LogP contribution is -2.24. The second-order valence-electron chi connectivity index (χ2n) is 4.46. The van der Waals surface area contributed by atoms with E-state index in [4.69, 9.17) is 4.74 Å². The zero-order valence-electron chi connectivity index (χ0n) is 11.2. The van der Waals surface area contributed by atoms with Crippen LogP contribution in [0.15, 0.2) is 22.7 Å². The zero-order chi connectivity index (χ0) is 14.7.